The van der Waals surface area contributed by atoms with E-state index in [4.69, 9.17) is 4.74 Å². The average Bonchev–Trinajstić information content (AvgIpc) is 3.27. The van der Waals surface area contributed by atoms with E-state index in [-0.39, 0.29) is 11.6 Å². The predicted octanol–water partition coefficient (Wildman–Crippen LogP) is 4.46. The van der Waals surface area contributed by atoms with E-state index >= 15 is 0 Å². The SMILES string of the molecule is COc1ccc(/C=C(\NC(=O)c2ccc(Br)cc2)C(=O)NCCc2nc3ccccc3[nH]2)cc1. The number of hydrogen-bond acceptors (Lipinski definition) is 4. The number of benzene rings is 3. The molecule has 0 saturated heterocycles. The second kappa shape index (κ2) is 10.8. The minimum absolute atomic E-state index is 0.141. The molecule has 0 spiro atoms. The number of para-hydroxylation sites is 2. The quantitative estimate of drug-likeness (QED) is 0.300. The van der Waals surface area contributed by atoms with Crippen LogP contribution in [0.3, 0.4) is 0 Å². The van der Waals surface area contributed by atoms with E-state index < -0.39 is 5.91 Å². The fourth-order valence-corrected chi connectivity index (χ4v) is 3.60. The molecule has 8 heteroatoms. The highest BCUT2D eigenvalue weighted by atomic mass is 79.9. The molecule has 34 heavy (non-hydrogen) atoms. The lowest BCUT2D eigenvalue weighted by Gasteiger charge is -2.11. The third-order valence-electron chi connectivity index (χ3n) is 5.11. The Morgan fingerprint density at radius 3 is 2.47 bits per heavy atom. The minimum Gasteiger partial charge on any atom is -0.497 e. The number of ether oxygens (including phenoxy) is 1. The Morgan fingerprint density at radius 1 is 1.03 bits per heavy atom. The molecule has 0 unspecified atom stereocenters. The number of hydrogen-bond donors (Lipinski definition) is 3. The number of carbonyl (C=O) groups is 2. The van der Waals surface area contributed by atoms with Gasteiger partial charge in [-0.3, -0.25) is 9.59 Å². The lowest BCUT2D eigenvalue weighted by molar-refractivity contribution is -0.117. The molecule has 3 N–H and O–H groups in total. The summed E-state index contributed by atoms with van der Waals surface area (Å²) in [7, 11) is 1.59. The monoisotopic (exact) mass is 518 g/mol. The highest BCUT2D eigenvalue weighted by Crippen LogP contribution is 2.15. The maximum atomic E-state index is 13.0. The highest BCUT2D eigenvalue weighted by Gasteiger charge is 2.15. The topological polar surface area (TPSA) is 96.1 Å². The van der Waals surface area contributed by atoms with Crippen molar-refractivity contribution >= 4 is 44.9 Å². The molecular formula is C26H23BrN4O3. The number of methoxy groups -OCH3 is 1. The zero-order valence-electron chi connectivity index (χ0n) is 18.5. The molecule has 0 bridgehead atoms. The first-order valence-electron chi connectivity index (χ1n) is 10.7. The summed E-state index contributed by atoms with van der Waals surface area (Å²) in [4.78, 5) is 33.5. The van der Waals surface area contributed by atoms with Crippen LogP contribution in [0.1, 0.15) is 21.7 Å². The molecular weight excluding hydrogens is 496 g/mol. The summed E-state index contributed by atoms with van der Waals surface area (Å²) < 4.78 is 6.05. The summed E-state index contributed by atoms with van der Waals surface area (Å²) in [5.74, 6) is 0.714. The van der Waals surface area contributed by atoms with Crippen molar-refractivity contribution in [2.75, 3.05) is 13.7 Å². The van der Waals surface area contributed by atoms with E-state index in [9.17, 15) is 9.59 Å². The Kier molecular flexibility index (Phi) is 7.39. The molecule has 0 aliphatic carbocycles. The molecule has 0 radical (unpaired) electrons. The molecule has 3 aromatic carbocycles. The van der Waals surface area contributed by atoms with Gasteiger partial charge < -0.3 is 20.4 Å². The summed E-state index contributed by atoms with van der Waals surface area (Å²) in [5.41, 5.74) is 3.16. The van der Waals surface area contributed by atoms with E-state index in [0.29, 0.717) is 24.3 Å². The van der Waals surface area contributed by atoms with Gasteiger partial charge in [0.15, 0.2) is 0 Å². The van der Waals surface area contributed by atoms with Crippen molar-refractivity contribution in [2.45, 2.75) is 6.42 Å². The van der Waals surface area contributed by atoms with Gasteiger partial charge in [-0.1, -0.05) is 40.2 Å². The first-order valence-corrected chi connectivity index (χ1v) is 11.5. The lowest BCUT2D eigenvalue weighted by atomic mass is 10.1. The molecule has 1 aromatic heterocycles. The second-order valence-corrected chi connectivity index (χ2v) is 8.41. The van der Waals surface area contributed by atoms with Crippen molar-refractivity contribution in [3.63, 3.8) is 0 Å². The van der Waals surface area contributed by atoms with E-state index in [2.05, 4.69) is 36.5 Å². The molecule has 4 aromatic rings. The number of rotatable bonds is 8. The predicted molar refractivity (Wildman–Crippen MR) is 135 cm³/mol. The van der Waals surface area contributed by atoms with Gasteiger partial charge in [-0.15, -0.1) is 0 Å². The van der Waals surface area contributed by atoms with Crippen LogP contribution in [0.25, 0.3) is 17.1 Å². The summed E-state index contributed by atoms with van der Waals surface area (Å²) in [6, 6.07) is 21.9. The minimum atomic E-state index is -0.391. The molecule has 7 nitrogen and oxygen atoms in total. The van der Waals surface area contributed by atoms with Gasteiger partial charge >= 0.3 is 0 Å². The molecule has 1 heterocycles. The van der Waals surface area contributed by atoms with E-state index in [1.807, 2.05) is 36.4 Å². The average molecular weight is 519 g/mol. The standard InChI is InChI=1S/C26H23BrN4O3/c1-34-20-12-6-17(7-13-20)16-23(31-25(32)18-8-10-19(27)11-9-18)26(33)28-15-14-24-29-21-4-2-3-5-22(21)30-24/h2-13,16H,14-15H2,1H3,(H,28,33)(H,29,30)(H,31,32)/b23-16-. The van der Waals surface area contributed by atoms with Crippen LogP contribution in [0.5, 0.6) is 5.75 Å². The molecule has 0 aliphatic rings. The Balaban J connectivity index is 1.48. The molecule has 2 amide bonds. The zero-order valence-corrected chi connectivity index (χ0v) is 20.1. The van der Waals surface area contributed by atoms with Crippen LogP contribution >= 0.6 is 15.9 Å². The van der Waals surface area contributed by atoms with Gasteiger partial charge in [0.2, 0.25) is 0 Å². The Bertz CT molecular complexity index is 1300. The summed E-state index contributed by atoms with van der Waals surface area (Å²) in [6.45, 7) is 0.354. The number of aromatic amines is 1. The number of carbonyl (C=O) groups excluding carboxylic acids is 2. The number of imidazole rings is 1. The molecule has 4 rings (SSSR count). The first kappa shape index (κ1) is 23.3. The second-order valence-electron chi connectivity index (χ2n) is 7.50. The normalized spacial score (nSPS) is 11.3. The molecule has 0 fully saturated rings. The van der Waals surface area contributed by atoms with Crippen LogP contribution in [-0.2, 0) is 11.2 Å². The number of nitrogens with one attached hydrogen (secondary N) is 3. The van der Waals surface area contributed by atoms with Crippen LogP contribution in [0.15, 0.2) is 83.0 Å². The number of H-pyrrole nitrogens is 1. The number of nitrogens with zero attached hydrogens (tertiary/aromatic N) is 1. The summed E-state index contributed by atoms with van der Waals surface area (Å²) >= 11 is 3.36. The van der Waals surface area contributed by atoms with Crippen LogP contribution in [0, 0.1) is 0 Å². The zero-order chi connectivity index (χ0) is 23.9. The van der Waals surface area contributed by atoms with E-state index in [0.717, 1.165) is 26.9 Å². The maximum Gasteiger partial charge on any atom is 0.267 e. The van der Waals surface area contributed by atoms with Gasteiger partial charge in [0.25, 0.3) is 11.8 Å². The van der Waals surface area contributed by atoms with E-state index in [1.54, 1.807) is 49.6 Å². The molecule has 172 valence electrons. The van der Waals surface area contributed by atoms with Gasteiger partial charge in [-0.25, -0.2) is 4.98 Å². The summed E-state index contributed by atoms with van der Waals surface area (Å²) in [6.07, 6.45) is 2.16. The summed E-state index contributed by atoms with van der Waals surface area (Å²) in [5, 5.41) is 5.61. The van der Waals surface area contributed by atoms with Gasteiger partial charge in [-0.05, 0) is 60.2 Å². The number of aromatic nitrogens is 2. The van der Waals surface area contributed by atoms with Crippen LogP contribution < -0.4 is 15.4 Å². The van der Waals surface area contributed by atoms with Crippen molar-refractivity contribution < 1.29 is 14.3 Å². The highest BCUT2D eigenvalue weighted by molar-refractivity contribution is 9.10. The van der Waals surface area contributed by atoms with Gasteiger partial charge in [0.05, 0.1) is 18.1 Å². The largest absolute Gasteiger partial charge is 0.497 e. The van der Waals surface area contributed by atoms with Crippen molar-refractivity contribution in [1.82, 2.24) is 20.6 Å². The van der Waals surface area contributed by atoms with Gasteiger partial charge in [0, 0.05) is 23.0 Å². The third kappa shape index (κ3) is 5.90. The van der Waals surface area contributed by atoms with E-state index in [1.165, 1.54) is 0 Å². The van der Waals surface area contributed by atoms with Crippen molar-refractivity contribution in [3.05, 3.63) is 99.9 Å². The van der Waals surface area contributed by atoms with Gasteiger partial charge in [-0.2, -0.15) is 0 Å². The molecule has 0 atom stereocenters. The first-order chi connectivity index (χ1) is 16.5. The Morgan fingerprint density at radius 2 is 1.76 bits per heavy atom. The maximum absolute atomic E-state index is 13.0. The fourth-order valence-electron chi connectivity index (χ4n) is 3.33. The number of halogens is 1. The van der Waals surface area contributed by atoms with Crippen molar-refractivity contribution in [1.29, 1.82) is 0 Å². The number of amides is 2. The van der Waals surface area contributed by atoms with Crippen LogP contribution in [0.2, 0.25) is 0 Å². The molecule has 0 saturated carbocycles. The van der Waals surface area contributed by atoms with Crippen LogP contribution in [-0.4, -0.2) is 35.4 Å². The third-order valence-corrected chi connectivity index (χ3v) is 5.64. The smallest absolute Gasteiger partial charge is 0.267 e. The molecule has 0 aliphatic heterocycles. The lowest BCUT2D eigenvalue weighted by Crippen LogP contribution is -2.35. The van der Waals surface area contributed by atoms with Crippen molar-refractivity contribution in [2.24, 2.45) is 0 Å². The Hall–Kier alpha value is -3.91. The Labute approximate surface area is 205 Å². The van der Waals surface area contributed by atoms with Crippen molar-refractivity contribution in [3.8, 4) is 5.75 Å². The van der Waals surface area contributed by atoms with Crippen LogP contribution in [0.4, 0.5) is 0 Å². The number of fused-ring (bicyclic) bond motifs is 1. The fraction of sp³-hybridized carbons (Fsp3) is 0.115. The van der Waals surface area contributed by atoms with Gasteiger partial charge in [0.1, 0.15) is 17.3 Å².